The van der Waals surface area contributed by atoms with Crippen LogP contribution in [0.3, 0.4) is 0 Å². The van der Waals surface area contributed by atoms with Gasteiger partial charge in [-0.05, 0) is 63.5 Å². The Kier molecular flexibility index (Phi) is 5.87. The third kappa shape index (κ3) is 4.24. The van der Waals surface area contributed by atoms with E-state index in [1.54, 1.807) is 11.1 Å². The minimum Gasteiger partial charge on any atom is -0.0705 e. The highest BCUT2D eigenvalue weighted by Crippen LogP contribution is 2.49. The Morgan fingerprint density at radius 3 is 2.20 bits per heavy atom. The van der Waals surface area contributed by atoms with Crippen molar-refractivity contribution >= 4 is 14.9 Å². The van der Waals surface area contributed by atoms with Crippen molar-refractivity contribution in [3.8, 4) is 11.1 Å². The summed E-state index contributed by atoms with van der Waals surface area (Å²) in [7, 11) is -0.441. The number of allylic oxidation sites excluding steroid dienone is 1. The smallest absolute Gasteiger partial charge is 0.0552 e. The second kappa shape index (κ2) is 8.15. The molecule has 1 unspecified atom stereocenters. The number of hydrogen-bond donors (Lipinski definition) is 0. The molecule has 30 heavy (non-hydrogen) atoms. The zero-order valence-electron chi connectivity index (χ0n) is 19.9. The summed E-state index contributed by atoms with van der Waals surface area (Å²) in [5, 5.41) is 0. The molecule has 1 radical (unpaired) electrons. The minimum atomic E-state index is -0.441. The van der Waals surface area contributed by atoms with E-state index in [1.807, 2.05) is 0 Å². The Hall–Kier alpha value is -1.60. The molecule has 2 aliphatic carbocycles. The Balaban J connectivity index is 1.72. The van der Waals surface area contributed by atoms with Gasteiger partial charge in [-0.15, -0.1) is 0 Å². The molecule has 2 aliphatic rings. The quantitative estimate of drug-likeness (QED) is 0.438. The minimum absolute atomic E-state index is 0.201. The molecule has 0 spiro atoms. The average molecular weight is 416 g/mol. The fourth-order valence-corrected chi connectivity index (χ4v) is 7.58. The second-order valence-electron chi connectivity index (χ2n) is 11.4. The molecule has 0 aromatic heterocycles. The molecule has 0 amide bonds. The summed E-state index contributed by atoms with van der Waals surface area (Å²) in [4.78, 5) is 0. The Morgan fingerprint density at radius 1 is 0.933 bits per heavy atom. The molecule has 0 nitrogen and oxygen atoms in total. The van der Waals surface area contributed by atoms with Crippen LogP contribution in [-0.2, 0) is 5.41 Å². The lowest BCUT2D eigenvalue weighted by Gasteiger charge is -2.36. The molecule has 159 valence electrons. The molecule has 0 N–H and O–H groups in total. The largest absolute Gasteiger partial charge is 0.0705 e. The first kappa shape index (κ1) is 21.6. The van der Waals surface area contributed by atoms with Crippen molar-refractivity contribution in [1.29, 1.82) is 0 Å². The Morgan fingerprint density at radius 2 is 1.60 bits per heavy atom. The van der Waals surface area contributed by atoms with Crippen molar-refractivity contribution in [2.24, 2.45) is 5.41 Å². The van der Waals surface area contributed by atoms with Crippen LogP contribution >= 0.6 is 0 Å². The fraction of sp³-hybridized carbons (Fsp3) is 0.517. The van der Waals surface area contributed by atoms with Gasteiger partial charge in [0.1, 0.15) is 0 Å². The molecule has 0 aliphatic heterocycles. The average Bonchev–Trinajstić information content (AvgIpc) is 3.05. The molecule has 2 aromatic rings. The van der Waals surface area contributed by atoms with Crippen LogP contribution in [0.25, 0.3) is 17.2 Å². The van der Waals surface area contributed by atoms with Crippen molar-refractivity contribution in [2.45, 2.75) is 90.3 Å². The third-order valence-electron chi connectivity index (χ3n) is 7.48. The first-order chi connectivity index (χ1) is 14.2. The maximum atomic E-state index is 2.60. The van der Waals surface area contributed by atoms with Gasteiger partial charge < -0.3 is 0 Å². The van der Waals surface area contributed by atoms with Crippen molar-refractivity contribution in [1.82, 2.24) is 0 Å². The van der Waals surface area contributed by atoms with Gasteiger partial charge in [-0.3, -0.25) is 0 Å². The summed E-state index contributed by atoms with van der Waals surface area (Å²) in [5.41, 5.74) is 10.4. The topological polar surface area (TPSA) is 0 Å². The van der Waals surface area contributed by atoms with Gasteiger partial charge in [0.05, 0.1) is 8.80 Å². The second-order valence-corrected chi connectivity index (χ2v) is 14.1. The first-order valence-corrected chi connectivity index (χ1v) is 14.5. The van der Waals surface area contributed by atoms with Gasteiger partial charge in [0.15, 0.2) is 0 Å². The lowest BCUT2D eigenvalue weighted by molar-refractivity contribution is 0.213. The van der Waals surface area contributed by atoms with Gasteiger partial charge in [0.25, 0.3) is 0 Å². The predicted octanol–water partition coefficient (Wildman–Crippen LogP) is 8.79. The van der Waals surface area contributed by atoms with Gasteiger partial charge >= 0.3 is 0 Å². The molecule has 1 fully saturated rings. The van der Waals surface area contributed by atoms with Crippen LogP contribution < -0.4 is 0 Å². The standard InChI is InChI=1S/C29H39Si/c1-28(2,3)23-15-13-21(14-16-23)24-11-10-12-25-26(24)19-22(27(25)30(5)6)20-29(4)17-8-7-9-18-29/h10-16,19,27H,7-9,17-18,20H2,1-6H3. The molecule has 1 saturated carbocycles. The van der Waals surface area contributed by atoms with E-state index < -0.39 is 8.80 Å². The Labute approximate surface area is 186 Å². The van der Waals surface area contributed by atoms with E-state index in [4.69, 9.17) is 0 Å². The lowest BCUT2D eigenvalue weighted by atomic mass is 9.71. The van der Waals surface area contributed by atoms with Crippen LogP contribution in [0.5, 0.6) is 0 Å². The van der Waals surface area contributed by atoms with Crippen molar-refractivity contribution in [2.75, 3.05) is 0 Å². The maximum absolute atomic E-state index is 2.60. The number of fused-ring (bicyclic) bond motifs is 1. The van der Waals surface area contributed by atoms with E-state index in [9.17, 15) is 0 Å². The molecule has 4 rings (SSSR count). The van der Waals surface area contributed by atoms with Crippen LogP contribution in [0.15, 0.2) is 48.0 Å². The van der Waals surface area contributed by atoms with E-state index in [0.29, 0.717) is 11.0 Å². The normalized spacial score (nSPS) is 20.9. The van der Waals surface area contributed by atoms with E-state index in [2.05, 4.69) is 89.3 Å². The van der Waals surface area contributed by atoms with Crippen molar-refractivity contribution in [3.63, 3.8) is 0 Å². The molecular weight excluding hydrogens is 376 g/mol. The molecule has 0 saturated heterocycles. The van der Waals surface area contributed by atoms with Crippen molar-refractivity contribution in [3.05, 3.63) is 64.7 Å². The fourth-order valence-electron chi connectivity index (χ4n) is 5.78. The van der Waals surface area contributed by atoms with E-state index in [0.717, 1.165) is 0 Å². The molecule has 1 atom stereocenters. The molecule has 1 heteroatoms. The number of hydrogen-bond acceptors (Lipinski definition) is 0. The monoisotopic (exact) mass is 415 g/mol. The van der Waals surface area contributed by atoms with Crippen LogP contribution in [0, 0.1) is 5.41 Å². The van der Waals surface area contributed by atoms with E-state index in [-0.39, 0.29) is 5.41 Å². The van der Waals surface area contributed by atoms with Crippen molar-refractivity contribution < 1.29 is 0 Å². The first-order valence-electron chi connectivity index (χ1n) is 11.9. The zero-order chi connectivity index (χ0) is 21.5. The van der Waals surface area contributed by atoms with Gasteiger partial charge in [-0.25, -0.2) is 0 Å². The molecule has 0 bridgehead atoms. The SMILES string of the molecule is C[Si](C)C1C(CC2(C)CCCCC2)=Cc2c(-c3ccc(C(C)(C)C)cc3)cccc21. The highest BCUT2D eigenvalue weighted by atomic mass is 28.3. The number of rotatable bonds is 4. The van der Waals surface area contributed by atoms with Crippen LogP contribution in [0.4, 0.5) is 0 Å². The zero-order valence-corrected chi connectivity index (χ0v) is 20.9. The molecule has 0 heterocycles. The van der Waals surface area contributed by atoms with Gasteiger partial charge in [-0.2, -0.15) is 0 Å². The van der Waals surface area contributed by atoms with E-state index >= 15 is 0 Å². The summed E-state index contributed by atoms with van der Waals surface area (Å²) in [6.07, 6.45) is 11.0. The highest BCUT2D eigenvalue weighted by molar-refractivity contribution is 6.58. The summed E-state index contributed by atoms with van der Waals surface area (Å²) in [6.45, 7) is 14.4. The maximum Gasteiger partial charge on any atom is 0.0552 e. The number of benzene rings is 2. The summed E-state index contributed by atoms with van der Waals surface area (Å²) in [6, 6.07) is 16.4. The van der Waals surface area contributed by atoms with E-state index in [1.165, 1.54) is 60.8 Å². The third-order valence-corrected chi connectivity index (χ3v) is 9.32. The van der Waals surface area contributed by atoms with Crippen LogP contribution in [0.1, 0.15) is 88.5 Å². The van der Waals surface area contributed by atoms with Gasteiger partial charge in [-0.1, -0.05) is 114 Å². The summed E-state index contributed by atoms with van der Waals surface area (Å²) >= 11 is 0. The highest BCUT2D eigenvalue weighted by Gasteiger charge is 2.35. The summed E-state index contributed by atoms with van der Waals surface area (Å²) in [5.74, 6) is 0. The van der Waals surface area contributed by atoms with Gasteiger partial charge in [0.2, 0.25) is 0 Å². The van der Waals surface area contributed by atoms with Gasteiger partial charge in [0, 0.05) is 0 Å². The van der Waals surface area contributed by atoms with Crippen LogP contribution in [-0.4, -0.2) is 8.80 Å². The molecule has 2 aromatic carbocycles. The summed E-state index contributed by atoms with van der Waals surface area (Å²) < 4.78 is 0. The Bertz CT molecular complexity index is 918. The van der Waals surface area contributed by atoms with Crippen LogP contribution in [0.2, 0.25) is 13.1 Å². The predicted molar refractivity (Wildman–Crippen MR) is 135 cm³/mol. The molecular formula is C29H39Si. The lowest BCUT2D eigenvalue weighted by Crippen LogP contribution is -2.24.